The number of fused-ring (bicyclic) bond motifs is 1. The first-order valence-electron chi connectivity index (χ1n) is 6.12. The molecule has 0 bridgehead atoms. The zero-order valence-corrected chi connectivity index (χ0v) is 11.4. The molecule has 1 aromatic heterocycles. The highest BCUT2D eigenvalue weighted by atomic mass is 32.2. The molecule has 3 rings (SSSR count). The van der Waals surface area contributed by atoms with Crippen molar-refractivity contribution in [3.8, 4) is 0 Å². The Morgan fingerprint density at radius 1 is 1.05 bits per heavy atom. The molecule has 19 heavy (non-hydrogen) atoms. The van der Waals surface area contributed by atoms with Gasteiger partial charge < -0.3 is 5.73 Å². The minimum absolute atomic E-state index is 0.726. The fourth-order valence-electron chi connectivity index (χ4n) is 2.07. The van der Waals surface area contributed by atoms with Gasteiger partial charge in [0.15, 0.2) is 0 Å². The van der Waals surface area contributed by atoms with Gasteiger partial charge in [-0.05, 0) is 31.2 Å². The fraction of sp³-hybridized carbons (Fsp3) is 0.0625. The van der Waals surface area contributed by atoms with Crippen molar-refractivity contribution in [1.29, 1.82) is 0 Å². The number of benzene rings is 2. The summed E-state index contributed by atoms with van der Waals surface area (Å²) in [7, 11) is 0. The zero-order valence-electron chi connectivity index (χ0n) is 10.6. The van der Waals surface area contributed by atoms with Crippen LogP contribution in [0.5, 0.6) is 0 Å². The van der Waals surface area contributed by atoms with Crippen LogP contribution in [0.1, 0.15) is 5.56 Å². The van der Waals surface area contributed by atoms with Crippen LogP contribution in [0.15, 0.2) is 64.5 Å². The first-order valence-corrected chi connectivity index (χ1v) is 6.93. The summed E-state index contributed by atoms with van der Waals surface area (Å²) in [6.07, 6.45) is 1.82. The molecule has 0 atom stereocenters. The third-order valence-electron chi connectivity index (χ3n) is 2.98. The van der Waals surface area contributed by atoms with Gasteiger partial charge in [0.2, 0.25) is 0 Å². The second kappa shape index (κ2) is 4.94. The monoisotopic (exact) mass is 266 g/mol. The maximum Gasteiger partial charge on any atom is 0.0942 e. The van der Waals surface area contributed by atoms with Crippen LogP contribution in [-0.2, 0) is 0 Å². The summed E-state index contributed by atoms with van der Waals surface area (Å²) in [5.41, 5.74) is 8.84. The first-order chi connectivity index (χ1) is 9.24. The molecule has 0 aliphatic carbocycles. The predicted molar refractivity (Wildman–Crippen MR) is 81.5 cm³/mol. The van der Waals surface area contributed by atoms with Crippen molar-refractivity contribution >= 4 is 28.4 Å². The molecule has 2 nitrogen and oxygen atoms in total. The van der Waals surface area contributed by atoms with E-state index < -0.39 is 0 Å². The molecule has 0 saturated heterocycles. The average molecular weight is 266 g/mol. The smallest absolute Gasteiger partial charge is 0.0942 e. The van der Waals surface area contributed by atoms with E-state index in [0.717, 1.165) is 16.6 Å². The van der Waals surface area contributed by atoms with E-state index in [-0.39, 0.29) is 0 Å². The summed E-state index contributed by atoms with van der Waals surface area (Å²) >= 11 is 1.74. The lowest BCUT2D eigenvalue weighted by Crippen LogP contribution is -1.90. The van der Waals surface area contributed by atoms with E-state index in [0.29, 0.717) is 0 Å². The normalized spacial score (nSPS) is 10.8. The number of nitrogens with two attached hydrogens (primary N) is 1. The molecule has 94 valence electrons. The Kier molecular flexibility index (Phi) is 3.13. The second-order valence-electron chi connectivity index (χ2n) is 4.47. The SMILES string of the molecule is Cc1cccc(Sc2ccnc3c(N)cccc23)c1. The molecule has 0 fully saturated rings. The molecule has 0 radical (unpaired) electrons. The van der Waals surface area contributed by atoms with Crippen LogP contribution in [0.2, 0.25) is 0 Å². The highest BCUT2D eigenvalue weighted by molar-refractivity contribution is 7.99. The van der Waals surface area contributed by atoms with Crippen molar-refractivity contribution in [3.63, 3.8) is 0 Å². The van der Waals surface area contributed by atoms with Crippen LogP contribution in [0, 0.1) is 6.92 Å². The number of anilines is 1. The number of aryl methyl sites for hydroxylation is 1. The minimum atomic E-state index is 0.726. The molecule has 2 N–H and O–H groups in total. The maximum absolute atomic E-state index is 5.97. The van der Waals surface area contributed by atoms with Gasteiger partial charge in [-0.2, -0.15) is 0 Å². The fourth-order valence-corrected chi connectivity index (χ4v) is 3.12. The van der Waals surface area contributed by atoms with Crippen LogP contribution in [0.4, 0.5) is 5.69 Å². The van der Waals surface area contributed by atoms with E-state index in [1.165, 1.54) is 15.4 Å². The largest absolute Gasteiger partial charge is 0.397 e. The van der Waals surface area contributed by atoms with Crippen molar-refractivity contribution < 1.29 is 0 Å². The van der Waals surface area contributed by atoms with Gasteiger partial charge in [-0.25, -0.2) is 0 Å². The summed E-state index contributed by atoms with van der Waals surface area (Å²) in [5.74, 6) is 0. The van der Waals surface area contributed by atoms with Crippen LogP contribution in [0.3, 0.4) is 0 Å². The quantitative estimate of drug-likeness (QED) is 0.704. The van der Waals surface area contributed by atoms with E-state index in [9.17, 15) is 0 Å². The Labute approximate surface area is 116 Å². The van der Waals surface area contributed by atoms with Crippen molar-refractivity contribution in [2.45, 2.75) is 16.7 Å². The highest BCUT2D eigenvalue weighted by Gasteiger charge is 2.05. The number of hydrogen-bond donors (Lipinski definition) is 1. The Balaban J connectivity index is 2.08. The van der Waals surface area contributed by atoms with Crippen molar-refractivity contribution in [1.82, 2.24) is 4.98 Å². The maximum atomic E-state index is 5.97. The third-order valence-corrected chi connectivity index (χ3v) is 4.05. The van der Waals surface area contributed by atoms with Crippen LogP contribution in [0.25, 0.3) is 10.9 Å². The van der Waals surface area contributed by atoms with Gasteiger partial charge in [0.05, 0.1) is 11.2 Å². The highest BCUT2D eigenvalue weighted by Crippen LogP contribution is 2.34. The molecule has 2 aromatic carbocycles. The number of nitrogen functional groups attached to an aromatic ring is 1. The zero-order chi connectivity index (χ0) is 13.2. The molecule has 3 aromatic rings. The van der Waals surface area contributed by atoms with E-state index >= 15 is 0 Å². The number of nitrogens with zero attached hydrogens (tertiary/aromatic N) is 1. The van der Waals surface area contributed by atoms with Gasteiger partial charge >= 0.3 is 0 Å². The molecule has 0 amide bonds. The number of hydrogen-bond acceptors (Lipinski definition) is 3. The van der Waals surface area contributed by atoms with Crippen LogP contribution in [-0.4, -0.2) is 4.98 Å². The van der Waals surface area contributed by atoms with Gasteiger partial charge in [-0.15, -0.1) is 0 Å². The Bertz CT molecular complexity index is 738. The molecule has 0 aliphatic heterocycles. The van der Waals surface area contributed by atoms with E-state index in [2.05, 4.69) is 42.2 Å². The molecule has 0 spiro atoms. The van der Waals surface area contributed by atoms with Gasteiger partial charge in [0.1, 0.15) is 0 Å². The number of pyridine rings is 1. The lowest BCUT2D eigenvalue weighted by molar-refractivity contribution is 1.33. The minimum Gasteiger partial charge on any atom is -0.397 e. The van der Waals surface area contributed by atoms with E-state index in [1.807, 2.05) is 24.4 Å². The standard InChI is InChI=1S/C16H14N2S/c1-11-4-2-5-12(10-11)19-15-8-9-18-16-13(15)6-3-7-14(16)17/h2-10H,17H2,1H3. The van der Waals surface area contributed by atoms with Gasteiger partial charge in [0, 0.05) is 21.4 Å². The molecular weight excluding hydrogens is 252 g/mol. The number of rotatable bonds is 2. The Morgan fingerprint density at radius 3 is 2.74 bits per heavy atom. The topological polar surface area (TPSA) is 38.9 Å². The summed E-state index contributed by atoms with van der Waals surface area (Å²) in [6.45, 7) is 2.10. The predicted octanol–water partition coefficient (Wildman–Crippen LogP) is 4.28. The molecular formula is C16H14N2S. The third kappa shape index (κ3) is 2.42. The van der Waals surface area contributed by atoms with Crippen molar-refractivity contribution in [2.24, 2.45) is 0 Å². The van der Waals surface area contributed by atoms with E-state index in [4.69, 9.17) is 5.73 Å². The van der Waals surface area contributed by atoms with Crippen molar-refractivity contribution in [2.75, 3.05) is 5.73 Å². The Hall–Kier alpha value is -2.00. The summed E-state index contributed by atoms with van der Waals surface area (Å²) in [6, 6.07) is 16.4. The lowest BCUT2D eigenvalue weighted by atomic mass is 10.2. The molecule has 0 aliphatic rings. The van der Waals surface area contributed by atoms with Crippen molar-refractivity contribution in [3.05, 3.63) is 60.3 Å². The molecule has 0 unspecified atom stereocenters. The van der Waals surface area contributed by atoms with Gasteiger partial charge in [0.25, 0.3) is 0 Å². The summed E-state index contributed by atoms with van der Waals surface area (Å²) in [5, 5.41) is 1.11. The van der Waals surface area contributed by atoms with Crippen LogP contribution >= 0.6 is 11.8 Å². The van der Waals surface area contributed by atoms with Crippen LogP contribution < -0.4 is 5.73 Å². The number of para-hydroxylation sites is 1. The molecule has 0 saturated carbocycles. The Morgan fingerprint density at radius 2 is 1.89 bits per heavy atom. The molecule has 1 heterocycles. The first kappa shape index (κ1) is 12.1. The summed E-state index contributed by atoms with van der Waals surface area (Å²) in [4.78, 5) is 6.78. The average Bonchev–Trinajstić information content (AvgIpc) is 2.40. The summed E-state index contributed by atoms with van der Waals surface area (Å²) < 4.78 is 0. The van der Waals surface area contributed by atoms with E-state index in [1.54, 1.807) is 11.8 Å². The lowest BCUT2D eigenvalue weighted by Gasteiger charge is -2.07. The second-order valence-corrected chi connectivity index (χ2v) is 5.59. The molecule has 3 heteroatoms. The number of aromatic nitrogens is 1. The van der Waals surface area contributed by atoms with Gasteiger partial charge in [-0.3, -0.25) is 4.98 Å². The van der Waals surface area contributed by atoms with Gasteiger partial charge in [-0.1, -0.05) is 41.6 Å².